The van der Waals surface area contributed by atoms with Crippen LogP contribution in [0.1, 0.15) is 28.2 Å². The van der Waals surface area contributed by atoms with E-state index in [1.54, 1.807) is 17.2 Å². The molecule has 0 radical (unpaired) electrons. The highest BCUT2D eigenvalue weighted by Gasteiger charge is 2.26. The van der Waals surface area contributed by atoms with E-state index in [1.165, 1.54) is 11.3 Å². The van der Waals surface area contributed by atoms with Gasteiger partial charge in [-0.15, -0.1) is 11.3 Å². The molecular weight excluding hydrogens is 276 g/mol. The van der Waals surface area contributed by atoms with Crippen LogP contribution >= 0.6 is 11.3 Å². The molecule has 0 aromatic carbocycles. The fourth-order valence-corrected chi connectivity index (χ4v) is 3.19. The lowest BCUT2D eigenvalue weighted by atomic mass is 10.1. The molecule has 1 amide bonds. The number of carbonyl (C=O) groups is 1. The Morgan fingerprint density at radius 2 is 2.25 bits per heavy atom. The normalized spacial score (nSPS) is 16.6. The number of aromatic nitrogens is 1. The molecule has 0 saturated carbocycles. The van der Waals surface area contributed by atoms with Crippen LogP contribution in [0, 0.1) is 6.92 Å². The van der Waals surface area contributed by atoms with E-state index in [0.29, 0.717) is 37.4 Å². The molecule has 5 nitrogen and oxygen atoms in total. The van der Waals surface area contributed by atoms with E-state index in [1.807, 2.05) is 13.0 Å². The zero-order valence-electron chi connectivity index (χ0n) is 11.2. The Balaban J connectivity index is 1.81. The standard InChI is InChI=1S/C14H16N2O3S/c1-9-12(14(18)16-6-4-10(17)5-7-16)15-13(20-9)11-3-2-8-19-11/h2-3,8,10,17H,4-7H2,1H3. The minimum absolute atomic E-state index is 0.0524. The second-order valence-corrected chi connectivity index (χ2v) is 6.13. The summed E-state index contributed by atoms with van der Waals surface area (Å²) in [6.45, 7) is 3.08. The van der Waals surface area contributed by atoms with Crippen molar-refractivity contribution < 1.29 is 14.3 Å². The van der Waals surface area contributed by atoms with E-state index < -0.39 is 0 Å². The minimum Gasteiger partial charge on any atom is -0.462 e. The number of furan rings is 1. The minimum atomic E-state index is -0.283. The quantitative estimate of drug-likeness (QED) is 0.922. The van der Waals surface area contributed by atoms with Crippen molar-refractivity contribution in [1.29, 1.82) is 0 Å². The smallest absolute Gasteiger partial charge is 0.273 e. The second kappa shape index (κ2) is 5.38. The molecule has 1 aliphatic heterocycles. The van der Waals surface area contributed by atoms with E-state index in [0.717, 1.165) is 9.88 Å². The van der Waals surface area contributed by atoms with Gasteiger partial charge in [-0.3, -0.25) is 4.79 Å². The summed E-state index contributed by atoms with van der Waals surface area (Å²) in [7, 11) is 0. The number of amides is 1. The first-order valence-corrected chi connectivity index (χ1v) is 7.45. The predicted octanol–water partition coefficient (Wildman–Crippen LogP) is 2.31. The van der Waals surface area contributed by atoms with Crippen LogP contribution in [0.15, 0.2) is 22.8 Å². The third kappa shape index (κ3) is 2.48. The van der Waals surface area contributed by atoms with Crippen LogP contribution in [0.2, 0.25) is 0 Å². The number of likely N-dealkylation sites (tertiary alicyclic amines) is 1. The van der Waals surface area contributed by atoms with Crippen molar-refractivity contribution in [3.63, 3.8) is 0 Å². The van der Waals surface area contributed by atoms with Crippen molar-refractivity contribution in [3.05, 3.63) is 29.0 Å². The Morgan fingerprint density at radius 3 is 2.90 bits per heavy atom. The van der Waals surface area contributed by atoms with Gasteiger partial charge in [0, 0.05) is 18.0 Å². The third-order valence-electron chi connectivity index (χ3n) is 3.48. The zero-order valence-corrected chi connectivity index (χ0v) is 12.0. The lowest BCUT2D eigenvalue weighted by molar-refractivity contribution is 0.0541. The SMILES string of the molecule is Cc1sc(-c2ccco2)nc1C(=O)N1CCC(O)CC1. The highest BCUT2D eigenvalue weighted by atomic mass is 32.1. The zero-order chi connectivity index (χ0) is 14.1. The highest BCUT2D eigenvalue weighted by molar-refractivity contribution is 7.15. The number of hydrogen-bond donors (Lipinski definition) is 1. The van der Waals surface area contributed by atoms with Crippen LogP contribution in [-0.2, 0) is 0 Å². The van der Waals surface area contributed by atoms with Gasteiger partial charge in [0.25, 0.3) is 5.91 Å². The molecule has 3 heterocycles. The van der Waals surface area contributed by atoms with Gasteiger partial charge in [-0.25, -0.2) is 4.98 Å². The molecule has 106 valence electrons. The summed E-state index contributed by atoms with van der Waals surface area (Å²) in [6, 6.07) is 3.64. The summed E-state index contributed by atoms with van der Waals surface area (Å²) in [5, 5.41) is 10.2. The molecule has 0 bridgehead atoms. The fraction of sp³-hybridized carbons (Fsp3) is 0.429. The summed E-state index contributed by atoms with van der Waals surface area (Å²) < 4.78 is 5.32. The molecule has 0 unspecified atom stereocenters. The van der Waals surface area contributed by atoms with Gasteiger partial charge in [0.2, 0.25) is 0 Å². The Kier molecular flexibility index (Phi) is 3.58. The number of aryl methyl sites for hydroxylation is 1. The number of aliphatic hydroxyl groups excluding tert-OH is 1. The number of carbonyl (C=O) groups excluding carboxylic acids is 1. The summed E-state index contributed by atoms with van der Waals surface area (Å²) in [4.78, 5) is 19.5. The number of nitrogens with zero attached hydrogens (tertiary/aromatic N) is 2. The van der Waals surface area contributed by atoms with E-state index in [2.05, 4.69) is 4.98 Å². The number of hydrogen-bond acceptors (Lipinski definition) is 5. The second-order valence-electron chi connectivity index (χ2n) is 4.92. The molecule has 0 spiro atoms. The Bertz CT molecular complexity index is 598. The maximum absolute atomic E-state index is 12.5. The lowest BCUT2D eigenvalue weighted by Crippen LogP contribution is -2.40. The third-order valence-corrected chi connectivity index (χ3v) is 4.47. The first-order valence-electron chi connectivity index (χ1n) is 6.64. The van der Waals surface area contributed by atoms with Crippen molar-refractivity contribution in [1.82, 2.24) is 9.88 Å². The number of thiazole rings is 1. The van der Waals surface area contributed by atoms with E-state index in [-0.39, 0.29) is 12.0 Å². The van der Waals surface area contributed by atoms with Gasteiger partial charge in [-0.2, -0.15) is 0 Å². The molecule has 1 aliphatic rings. The molecule has 20 heavy (non-hydrogen) atoms. The molecule has 0 aliphatic carbocycles. The van der Waals surface area contributed by atoms with E-state index in [9.17, 15) is 9.90 Å². The largest absolute Gasteiger partial charge is 0.462 e. The predicted molar refractivity (Wildman–Crippen MR) is 75.7 cm³/mol. The van der Waals surface area contributed by atoms with Gasteiger partial charge in [0.1, 0.15) is 5.69 Å². The molecular formula is C14H16N2O3S. The van der Waals surface area contributed by atoms with Crippen LogP contribution in [0.3, 0.4) is 0 Å². The van der Waals surface area contributed by atoms with Gasteiger partial charge in [0.15, 0.2) is 10.8 Å². The van der Waals surface area contributed by atoms with Crippen molar-refractivity contribution in [2.24, 2.45) is 0 Å². The molecule has 2 aromatic heterocycles. The van der Waals surface area contributed by atoms with Crippen LogP contribution in [0.5, 0.6) is 0 Å². The first kappa shape index (κ1) is 13.3. The van der Waals surface area contributed by atoms with Crippen molar-refractivity contribution in [2.75, 3.05) is 13.1 Å². The van der Waals surface area contributed by atoms with Gasteiger partial charge < -0.3 is 14.4 Å². The van der Waals surface area contributed by atoms with E-state index >= 15 is 0 Å². The van der Waals surface area contributed by atoms with Gasteiger partial charge in [0.05, 0.1) is 12.4 Å². The summed E-state index contributed by atoms with van der Waals surface area (Å²) >= 11 is 1.46. The highest BCUT2D eigenvalue weighted by Crippen LogP contribution is 2.29. The van der Waals surface area contributed by atoms with Crippen LogP contribution < -0.4 is 0 Å². The molecule has 3 rings (SSSR count). The number of rotatable bonds is 2. The topological polar surface area (TPSA) is 66.6 Å². The maximum Gasteiger partial charge on any atom is 0.273 e. The molecule has 2 aromatic rings. The number of aliphatic hydroxyl groups is 1. The number of piperidine rings is 1. The summed E-state index contributed by atoms with van der Waals surface area (Å²) in [5.74, 6) is 0.634. The van der Waals surface area contributed by atoms with Crippen LogP contribution in [-0.4, -0.2) is 40.1 Å². The Hall–Kier alpha value is -1.66. The van der Waals surface area contributed by atoms with E-state index in [4.69, 9.17) is 4.42 Å². The Morgan fingerprint density at radius 1 is 1.50 bits per heavy atom. The molecule has 1 fully saturated rings. The molecule has 6 heteroatoms. The first-order chi connectivity index (χ1) is 9.65. The molecule has 1 N–H and O–H groups in total. The fourth-order valence-electron chi connectivity index (χ4n) is 2.32. The average Bonchev–Trinajstić information content (AvgIpc) is 3.08. The van der Waals surface area contributed by atoms with Crippen molar-refractivity contribution in [2.45, 2.75) is 25.9 Å². The Labute approximate surface area is 120 Å². The molecule has 1 saturated heterocycles. The summed E-state index contributed by atoms with van der Waals surface area (Å²) in [6.07, 6.45) is 2.59. The van der Waals surface area contributed by atoms with Gasteiger partial charge >= 0.3 is 0 Å². The van der Waals surface area contributed by atoms with Gasteiger partial charge in [-0.1, -0.05) is 0 Å². The van der Waals surface area contributed by atoms with Crippen LogP contribution in [0.25, 0.3) is 10.8 Å². The average molecular weight is 292 g/mol. The lowest BCUT2D eigenvalue weighted by Gasteiger charge is -2.29. The molecule has 0 atom stereocenters. The maximum atomic E-state index is 12.5. The monoisotopic (exact) mass is 292 g/mol. The van der Waals surface area contributed by atoms with Gasteiger partial charge in [-0.05, 0) is 31.9 Å². The van der Waals surface area contributed by atoms with Crippen molar-refractivity contribution >= 4 is 17.2 Å². The van der Waals surface area contributed by atoms with Crippen LogP contribution in [0.4, 0.5) is 0 Å². The van der Waals surface area contributed by atoms with Crippen molar-refractivity contribution in [3.8, 4) is 10.8 Å². The summed E-state index contributed by atoms with van der Waals surface area (Å²) in [5.41, 5.74) is 0.498.